The lowest BCUT2D eigenvalue weighted by molar-refractivity contribution is -0.139. The van der Waals surface area contributed by atoms with Gasteiger partial charge in [0.2, 0.25) is 11.8 Å². The van der Waals surface area contributed by atoms with Crippen molar-refractivity contribution in [2.45, 2.75) is 45.2 Å². The number of nitrogens with one attached hydrogen (secondary N) is 1. The number of carbonyl (C=O) groups excluding carboxylic acids is 2. The highest BCUT2D eigenvalue weighted by Gasteiger charge is 2.33. The van der Waals surface area contributed by atoms with Gasteiger partial charge in [0.15, 0.2) is 11.5 Å². The molecular formula is C31H38BrN3O6S. The number of halogens is 1. The van der Waals surface area contributed by atoms with E-state index in [0.29, 0.717) is 18.0 Å². The fraction of sp³-hybridized carbons (Fsp3) is 0.355. The molecule has 3 rings (SSSR count). The zero-order chi connectivity index (χ0) is 31.0. The van der Waals surface area contributed by atoms with Gasteiger partial charge < -0.3 is 19.7 Å². The van der Waals surface area contributed by atoms with Crippen LogP contribution in [0.4, 0.5) is 5.69 Å². The molecule has 3 aromatic rings. The number of nitrogens with zero attached hydrogens (tertiary/aromatic N) is 2. The van der Waals surface area contributed by atoms with Gasteiger partial charge in [0.05, 0.1) is 24.8 Å². The van der Waals surface area contributed by atoms with Crippen LogP contribution in [0.5, 0.6) is 11.5 Å². The molecule has 0 aliphatic carbocycles. The minimum atomic E-state index is -4.26. The maximum Gasteiger partial charge on any atom is 0.264 e. The third kappa shape index (κ3) is 8.25. The van der Waals surface area contributed by atoms with E-state index in [1.807, 2.05) is 45.0 Å². The van der Waals surface area contributed by atoms with Crippen molar-refractivity contribution in [1.29, 1.82) is 0 Å². The molecule has 3 aromatic carbocycles. The summed E-state index contributed by atoms with van der Waals surface area (Å²) in [4.78, 5) is 28.5. The number of methoxy groups -OCH3 is 2. The predicted octanol–water partition coefficient (Wildman–Crippen LogP) is 5.16. The molecule has 0 saturated carbocycles. The molecule has 226 valence electrons. The number of ether oxygens (including phenoxy) is 2. The minimum absolute atomic E-state index is 0.0743. The highest BCUT2D eigenvalue weighted by molar-refractivity contribution is 9.10. The Kier molecular flexibility index (Phi) is 11.4. The van der Waals surface area contributed by atoms with Crippen molar-refractivity contribution in [3.05, 3.63) is 82.3 Å². The van der Waals surface area contributed by atoms with Crippen molar-refractivity contribution in [2.75, 3.05) is 31.6 Å². The third-order valence-electron chi connectivity index (χ3n) is 6.64. The highest BCUT2D eigenvalue weighted by Crippen LogP contribution is 2.32. The van der Waals surface area contributed by atoms with E-state index in [1.165, 1.54) is 37.3 Å². The molecule has 0 saturated heterocycles. The van der Waals surface area contributed by atoms with Gasteiger partial charge in [0.1, 0.15) is 12.6 Å². The fourth-order valence-electron chi connectivity index (χ4n) is 4.21. The summed E-state index contributed by atoms with van der Waals surface area (Å²) < 4.78 is 40.7. The number of rotatable bonds is 13. The number of anilines is 1. The van der Waals surface area contributed by atoms with Crippen molar-refractivity contribution >= 4 is 43.5 Å². The first-order valence-corrected chi connectivity index (χ1v) is 15.7. The first-order valence-electron chi connectivity index (χ1n) is 13.5. The minimum Gasteiger partial charge on any atom is -0.493 e. The molecule has 0 fully saturated rings. The molecule has 11 heteroatoms. The quantitative estimate of drug-likeness (QED) is 0.272. The van der Waals surface area contributed by atoms with Gasteiger partial charge in [0.25, 0.3) is 10.0 Å². The van der Waals surface area contributed by atoms with E-state index in [-0.39, 0.29) is 29.0 Å². The largest absolute Gasteiger partial charge is 0.493 e. The Morgan fingerprint density at radius 3 is 2.19 bits per heavy atom. The second kappa shape index (κ2) is 14.6. The number of benzene rings is 3. The summed E-state index contributed by atoms with van der Waals surface area (Å²) in [6.07, 6.45) is 0. The average Bonchev–Trinajstić information content (AvgIpc) is 2.97. The molecule has 1 N–H and O–H groups in total. The van der Waals surface area contributed by atoms with Crippen LogP contribution in [0.15, 0.2) is 76.1 Å². The predicted molar refractivity (Wildman–Crippen MR) is 167 cm³/mol. The van der Waals surface area contributed by atoms with E-state index in [1.54, 1.807) is 31.2 Å². The summed E-state index contributed by atoms with van der Waals surface area (Å²) in [6.45, 7) is 7.51. The lowest BCUT2D eigenvalue weighted by atomic mass is 10.1. The summed E-state index contributed by atoms with van der Waals surface area (Å²) in [5.74, 6) is -0.0288. The number of sulfonamides is 1. The maximum absolute atomic E-state index is 14.1. The van der Waals surface area contributed by atoms with Crippen LogP contribution in [0.2, 0.25) is 0 Å². The van der Waals surface area contributed by atoms with E-state index < -0.39 is 28.5 Å². The SMILES string of the molecule is COc1ccc(S(=O)(=O)N(CC(=O)N(Cc2cccc(Br)c2)C(C)C(=O)NCC(C)C)c2ccc(C)cc2)cc1OC. The number of carbonyl (C=O) groups is 2. The summed E-state index contributed by atoms with van der Waals surface area (Å²) in [7, 11) is -1.38. The molecule has 0 aromatic heterocycles. The Bertz CT molecular complexity index is 1490. The van der Waals surface area contributed by atoms with Gasteiger partial charge in [-0.15, -0.1) is 0 Å². The normalized spacial score (nSPS) is 12.0. The Hall–Kier alpha value is -3.57. The van der Waals surface area contributed by atoms with Crippen molar-refractivity contribution in [3.8, 4) is 11.5 Å². The maximum atomic E-state index is 14.1. The zero-order valence-corrected chi connectivity index (χ0v) is 27.2. The van der Waals surface area contributed by atoms with Crippen molar-refractivity contribution in [3.63, 3.8) is 0 Å². The van der Waals surface area contributed by atoms with E-state index in [0.717, 1.165) is 19.9 Å². The van der Waals surface area contributed by atoms with Gasteiger partial charge in [-0.1, -0.05) is 59.6 Å². The molecule has 0 aliphatic heterocycles. The Balaban J connectivity index is 2.05. The Labute approximate surface area is 257 Å². The standard InChI is InChI=1S/C31H38BrN3O6S/c1-21(2)18-33-31(37)23(4)34(19-24-8-7-9-25(32)16-24)30(36)20-35(26-12-10-22(3)11-13-26)42(38,39)27-14-15-28(40-5)29(17-27)41-6/h7-17,21,23H,18-20H2,1-6H3,(H,33,37). The van der Waals surface area contributed by atoms with Crippen LogP contribution < -0.4 is 19.1 Å². The lowest BCUT2D eigenvalue weighted by Gasteiger charge is -2.32. The molecule has 1 atom stereocenters. The van der Waals surface area contributed by atoms with Gasteiger partial charge in [0, 0.05) is 23.6 Å². The van der Waals surface area contributed by atoms with E-state index >= 15 is 0 Å². The van der Waals surface area contributed by atoms with Gasteiger partial charge >= 0.3 is 0 Å². The van der Waals surface area contributed by atoms with Crippen LogP contribution in [-0.4, -0.2) is 58.5 Å². The number of hydrogen-bond donors (Lipinski definition) is 1. The number of aryl methyl sites for hydroxylation is 1. The molecule has 1 unspecified atom stereocenters. The second-order valence-electron chi connectivity index (χ2n) is 10.3. The van der Waals surface area contributed by atoms with E-state index in [4.69, 9.17) is 9.47 Å². The summed E-state index contributed by atoms with van der Waals surface area (Å²) in [5, 5.41) is 2.89. The van der Waals surface area contributed by atoms with Crippen LogP contribution >= 0.6 is 15.9 Å². The highest BCUT2D eigenvalue weighted by atomic mass is 79.9. The van der Waals surface area contributed by atoms with Crippen LogP contribution in [-0.2, 0) is 26.2 Å². The first-order chi connectivity index (χ1) is 19.9. The summed E-state index contributed by atoms with van der Waals surface area (Å²) in [5.41, 5.74) is 2.02. The molecule has 0 heterocycles. The summed E-state index contributed by atoms with van der Waals surface area (Å²) >= 11 is 3.46. The molecular weight excluding hydrogens is 622 g/mol. The topological polar surface area (TPSA) is 105 Å². The van der Waals surface area contributed by atoms with Crippen molar-refractivity contribution in [1.82, 2.24) is 10.2 Å². The zero-order valence-electron chi connectivity index (χ0n) is 24.8. The van der Waals surface area contributed by atoms with E-state index in [9.17, 15) is 18.0 Å². The van der Waals surface area contributed by atoms with Gasteiger partial charge in [-0.05, 0) is 61.7 Å². The monoisotopic (exact) mass is 659 g/mol. The molecule has 0 aliphatic rings. The summed E-state index contributed by atoms with van der Waals surface area (Å²) in [6, 6.07) is 17.7. The molecule has 0 radical (unpaired) electrons. The Morgan fingerprint density at radius 2 is 1.60 bits per heavy atom. The van der Waals surface area contributed by atoms with Gasteiger partial charge in [-0.2, -0.15) is 0 Å². The van der Waals surface area contributed by atoms with E-state index in [2.05, 4.69) is 21.2 Å². The van der Waals surface area contributed by atoms with Crippen LogP contribution in [0.1, 0.15) is 31.9 Å². The van der Waals surface area contributed by atoms with Crippen LogP contribution in [0, 0.1) is 12.8 Å². The Morgan fingerprint density at radius 1 is 0.929 bits per heavy atom. The van der Waals surface area contributed by atoms with Gasteiger partial charge in [-0.25, -0.2) is 8.42 Å². The van der Waals surface area contributed by atoms with Crippen LogP contribution in [0.3, 0.4) is 0 Å². The molecule has 2 amide bonds. The van der Waals surface area contributed by atoms with Crippen molar-refractivity contribution < 1.29 is 27.5 Å². The van der Waals surface area contributed by atoms with Crippen molar-refractivity contribution in [2.24, 2.45) is 5.92 Å². The molecule has 42 heavy (non-hydrogen) atoms. The first kappa shape index (κ1) is 32.9. The second-order valence-corrected chi connectivity index (χ2v) is 13.1. The molecule has 9 nitrogen and oxygen atoms in total. The smallest absolute Gasteiger partial charge is 0.264 e. The molecule has 0 bridgehead atoms. The fourth-order valence-corrected chi connectivity index (χ4v) is 6.09. The molecule has 0 spiro atoms. The average molecular weight is 661 g/mol. The number of hydrogen-bond acceptors (Lipinski definition) is 6. The third-order valence-corrected chi connectivity index (χ3v) is 8.90. The van der Waals surface area contributed by atoms with Gasteiger partial charge in [-0.3, -0.25) is 13.9 Å². The van der Waals surface area contributed by atoms with Crippen LogP contribution in [0.25, 0.3) is 0 Å². The lowest BCUT2D eigenvalue weighted by Crippen LogP contribution is -2.51. The number of amides is 2.